The summed E-state index contributed by atoms with van der Waals surface area (Å²) in [6, 6.07) is 0. The number of amides is 2. The molecule has 7 nitrogen and oxygen atoms in total. The molecule has 1 spiro atoms. The number of nitrogens with two attached hydrogens (primary N) is 1. The molecule has 2 aliphatic rings. The van der Waals surface area contributed by atoms with E-state index in [1.807, 2.05) is 16.7 Å². The van der Waals surface area contributed by atoms with Crippen LogP contribution in [-0.4, -0.2) is 66.5 Å². The van der Waals surface area contributed by atoms with E-state index in [9.17, 15) is 9.59 Å². The normalized spacial score (nSPS) is 24.2. The number of aryl methyl sites for hydroxylation is 1. The monoisotopic (exact) mass is 366 g/mol. The van der Waals surface area contributed by atoms with Crippen LogP contribution in [0.2, 0.25) is 0 Å². The molecule has 0 saturated carbocycles. The SMILES string of the molecule is COCCN1CC2(CCCN(C(=O)c3sc(N)nc3C)C2)CCC1=O. The van der Waals surface area contributed by atoms with Crippen molar-refractivity contribution in [2.45, 2.75) is 32.6 Å². The lowest BCUT2D eigenvalue weighted by Crippen LogP contribution is -2.55. The fraction of sp³-hybridized carbons (Fsp3) is 0.706. The Bertz CT molecular complexity index is 662. The van der Waals surface area contributed by atoms with E-state index in [1.54, 1.807) is 7.11 Å². The number of methoxy groups -OCH3 is 1. The third-order valence-electron chi connectivity index (χ3n) is 5.27. The molecular formula is C17H26N4O3S. The first-order valence-corrected chi connectivity index (χ1v) is 9.55. The van der Waals surface area contributed by atoms with E-state index in [2.05, 4.69) is 4.98 Å². The number of piperidine rings is 2. The lowest BCUT2D eigenvalue weighted by molar-refractivity contribution is -0.139. The zero-order chi connectivity index (χ0) is 18.0. The molecule has 0 aliphatic carbocycles. The van der Waals surface area contributed by atoms with E-state index in [4.69, 9.17) is 10.5 Å². The van der Waals surface area contributed by atoms with Crippen molar-refractivity contribution in [2.24, 2.45) is 5.41 Å². The second-order valence-electron chi connectivity index (χ2n) is 7.10. The minimum atomic E-state index is -0.000299. The Labute approximate surface area is 152 Å². The summed E-state index contributed by atoms with van der Waals surface area (Å²) in [7, 11) is 1.65. The van der Waals surface area contributed by atoms with Gasteiger partial charge in [0.2, 0.25) is 5.91 Å². The molecule has 1 unspecified atom stereocenters. The van der Waals surface area contributed by atoms with Gasteiger partial charge in [-0.05, 0) is 26.2 Å². The van der Waals surface area contributed by atoms with Gasteiger partial charge in [0.25, 0.3) is 5.91 Å². The van der Waals surface area contributed by atoms with Crippen molar-refractivity contribution in [1.82, 2.24) is 14.8 Å². The molecular weight excluding hydrogens is 340 g/mol. The van der Waals surface area contributed by atoms with E-state index in [-0.39, 0.29) is 17.2 Å². The largest absolute Gasteiger partial charge is 0.383 e. The van der Waals surface area contributed by atoms with Gasteiger partial charge in [0, 0.05) is 45.1 Å². The van der Waals surface area contributed by atoms with E-state index in [0.29, 0.717) is 48.4 Å². The van der Waals surface area contributed by atoms with Crippen LogP contribution in [-0.2, 0) is 9.53 Å². The van der Waals surface area contributed by atoms with Gasteiger partial charge in [-0.3, -0.25) is 9.59 Å². The molecule has 2 fully saturated rings. The predicted octanol–water partition coefficient (Wildman–Crippen LogP) is 1.52. The highest BCUT2D eigenvalue weighted by Gasteiger charge is 2.43. The van der Waals surface area contributed by atoms with E-state index < -0.39 is 0 Å². The van der Waals surface area contributed by atoms with Gasteiger partial charge in [0.1, 0.15) is 4.88 Å². The highest BCUT2D eigenvalue weighted by molar-refractivity contribution is 7.17. The minimum absolute atomic E-state index is 0.000299. The third kappa shape index (κ3) is 3.79. The molecule has 1 aromatic rings. The number of thiazole rings is 1. The Morgan fingerprint density at radius 2 is 2.20 bits per heavy atom. The number of nitrogens with zero attached hydrogens (tertiary/aromatic N) is 3. The van der Waals surface area contributed by atoms with Crippen molar-refractivity contribution < 1.29 is 14.3 Å². The number of hydrogen-bond acceptors (Lipinski definition) is 6. The summed E-state index contributed by atoms with van der Waals surface area (Å²) in [6.07, 6.45) is 3.42. The summed E-state index contributed by atoms with van der Waals surface area (Å²) >= 11 is 1.26. The quantitative estimate of drug-likeness (QED) is 0.873. The number of carbonyl (C=O) groups excluding carboxylic acids is 2. The molecule has 1 aromatic heterocycles. The summed E-state index contributed by atoms with van der Waals surface area (Å²) in [5, 5.41) is 0.432. The van der Waals surface area contributed by atoms with Crippen LogP contribution in [0.1, 0.15) is 41.0 Å². The van der Waals surface area contributed by atoms with Crippen molar-refractivity contribution in [1.29, 1.82) is 0 Å². The average Bonchev–Trinajstić information content (AvgIpc) is 2.94. The average molecular weight is 366 g/mol. The van der Waals surface area contributed by atoms with Crippen molar-refractivity contribution in [3.8, 4) is 0 Å². The smallest absolute Gasteiger partial charge is 0.265 e. The first-order chi connectivity index (χ1) is 11.9. The van der Waals surface area contributed by atoms with Crippen LogP contribution in [0, 0.1) is 12.3 Å². The highest BCUT2D eigenvalue weighted by Crippen LogP contribution is 2.39. The van der Waals surface area contributed by atoms with Crippen molar-refractivity contribution in [2.75, 3.05) is 45.6 Å². The van der Waals surface area contributed by atoms with Crippen molar-refractivity contribution >= 4 is 28.3 Å². The van der Waals surface area contributed by atoms with E-state index >= 15 is 0 Å². The molecule has 0 aromatic carbocycles. The summed E-state index contributed by atoms with van der Waals surface area (Å²) in [6.45, 7) is 5.15. The van der Waals surface area contributed by atoms with Crippen LogP contribution >= 0.6 is 11.3 Å². The number of hydrogen-bond donors (Lipinski definition) is 1. The molecule has 0 bridgehead atoms. The molecule has 0 radical (unpaired) electrons. The van der Waals surface area contributed by atoms with Crippen LogP contribution in [0.4, 0.5) is 5.13 Å². The zero-order valence-corrected chi connectivity index (χ0v) is 15.7. The Balaban J connectivity index is 1.72. The van der Waals surface area contributed by atoms with Crippen LogP contribution < -0.4 is 5.73 Å². The fourth-order valence-corrected chi connectivity index (χ4v) is 4.78. The van der Waals surface area contributed by atoms with Gasteiger partial charge in [0.05, 0.1) is 12.3 Å². The Hall–Kier alpha value is -1.67. The Morgan fingerprint density at radius 3 is 2.88 bits per heavy atom. The summed E-state index contributed by atoms with van der Waals surface area (Å²) < 4.78 is 5.13. The number of carbonyl (C=O) groups is 2. The minimum Gasteiger partial charge on any atom is -0.383 e. The van der Waals surface area contributed by atoms with Gasteiger partial charge >= 0.3 is 0 Å². The highest BCUT2D eigenvalue weighted by atomic mass is 32.1. The molecule has 1 atom stereocenters. The van der Waals surface area contributed by atoms with Crippen LogP contribution in [0.3, 0.4) is 0 Å². The first kappa shape index (κ1) is 18.1. The third-order valence-corrected chi connectivity index (χ3v) is 6.24. The van der Waals surface area contributed by atoms with Crippen molar-refractivity contribution in [3.05, 3.63) is 10.6 Å². The lowest BCUT2D eigenvalue weighted by atomic mass is 9.73. The van der Waals surface area contributed by atoms with Gasteiger partial charge in [-0.25, -0.2) is 4.98 Å². The maximum Gasteiger partial charge on any atom is 0.265 e. The number of nitrogen functional groups attached to an aromatic ring is 1. The fourth-order valence-electron chi connectivity index (χ4n) is 3.98. The van der Waals surface area contributed by atoms with Gasteiger partial charge < -0.3 is 20.3 Å². The molecule has 25 heavy (non-hydrogen) atoms. The maximum atomic E-state index is 12.9. The number of aromatic nitrogens is 1. The number of anilines is 1. The number of likely N-dealkylation sites (tertiary alicyclic amines) is 2. The van der Waals surface area contributed by atoms with Gasteiger partial charge in [0.15, 0.2) is 5.13 Å². The molecule has 3 rings (SSSR count). The summed E-state index contributed by atoms with van der Waals surface area (Å²) in [5.74, 6) is 0.211. The van der Waals surface area contributed by atoms with E-state index in [1.165, 1.54) is 11.3 Å². The second kappa shape index (κ2) is 7.29. The lowest BCUT2D eigenvalue weighted by Gasteiger charge is -2.48. The van der Waals surface area contributed by atoms with Gasteiger partial charge in [-0.2, -0.15) is 0 Å². The molecule has 8 heteroatoms. The van der Waals surface area contributed by atoms with Gasteiger partial charge in [-0.1, -0.05) is 11.3 Å². The van der Waals surface area contributed by atoms with E-state index in [0.717, 1.165) is 25.8 Å². The summed E-state index contributed by atoms with van der Waals surface area (Å²) in [5.41, 5.74) is 6.44. The standard InChI is InChI=1S/C17H26N4O3S/c1-12-14(25-16(18)19-12)15(23)21-7-3-5-17(11-21)6-4-13(22)20(10-17)8-9-24-2/h3-11H2,1-2H3,(H2,18,19). The predicted molar refractivity (Wildman–Crippen MR) is 96.5 cm³/mol. The second-order valence-corrected chi connectivity index (χ2v) is 8.14. The first-order valence-electron chi connectivity index (χ1n) is 8.73. The zero-order valence-electron chi connectivity index (χ0n) is 14.9. The number of ether oxygens (including phenoxy) is 1. The Kier molecular flexibility index (Phi) is 5.29. The molecule has 2 aliphatic heterocycles. The molecule has 2 saturated heterocycles. The molecule has 2 amide bonds. The topological polar surface area (TPSA) is 88.8 Å². The van der Waals surface area contributed by atoms with Crippen molar-refractivity contribution in [3.63, 3.8) is 0 Å². The van der Waals surface area contributed by atoms with Gasteiger partial charge in [-0.15, -0.1) is 0 Å². The Morgan fingerprint density at radius 1 is 1.40 bits per heavy atom. The van der Waals surface area contributed by atoms with Crippen LogP contribution in [0.15, 0.2) is 0 Å². The van der Waals surface area contributed by atoms with Crippen LogP contribution in [0.5, 0.6) is 0 Å². The summed E-state index contributed by atoms with van der Waals surface area (Å²) in [4.78, 5) is 33.7. The number of rotatable bonds is 4. The maximum absolute atomic E-state index is 12.9. The van der Waals surface area contributed by atoms with Crippen LogP contribution in [0.25, 0.3) is 0 Å². The molecule has 138 valence electrons. The molecule has 2 N–H and O–H groups in total. The molecule has 3 heterocycles.